The lowest BCUT2D eigenvalue weighted by atomic mass is 10.1. The van der Waals surface area contributed by atoms with E-state index in [0.717, 1.165) is 11.3 Å². The summed E-state index contributed by atoms with van der Waals surface area (Å²) in [4.78, 5) is 37.4. The van der Waals surface area contributed by atoms with Crippen molar-refractivity contribution in [2.24, 2.45) is 5.92 Å². The van der Waals surface area contributed by atoms with Gasteiger partial charge in [-0.15, -0.1) is 0 Å². The Balaban J connectivity index is 1.40. The summed E-state index contributed by atoms with van der Waals surface area (Å²) in [6.07, 6.45) is 0.0277. The number of hydrogen-bond donors (Lipinski definition) is 1. The molecule has 3 aromatic rings. The number of amides is 2. The number of anilines is 2. The Hall–Kier alpha value is -4.40. The maximum absolute atomic E-state index is 12.8. The van der Waals surface area contributed by atoms with Gasteiger partial charge in [0.2, 0.25) is 11.8 Å². The van der Waals surface area contributed by atoms with Crippen LogP contribution in [0.2, 0.25) is 0 Å². The molecule has 0 aliphatic carbocycles. The summed E-state index contributed by atoms with van der Waals surface area (Å²) < 4.78 is 11.1. The maximum Gasteiger partial charge on any atom is 0.273 e. The molecule has 1 atom stereocenters. The lowest BCUT2D eigenvalue weighted by Crippen LogP contribution is -2.28. The molecule has 9 heteroatoms. The molecule has 0 unspecified atom stereocenters. The molecule has 4 rings (SSSR count). The minimum Gasteiger partial charge on any atom is -0.494 e. The molecule has 1 aliphatic rings. The summed E-state index contributed by atoms with van der Waals surface area (Å²) in [5.74, 6) is 0.454. The van der Waals surface area contributed by atoms with Crippen LogP contribution in [0.25, 0.3) is 0 Å². The van der Waals surface area contributed by atoms with Crippen LogP contribution >= 0.6 is 0 Å². The number of carbonyl (C=O) groups is 2. The van der Waals surface area contributed by atoms with E-state index in [1.807, 2.05) is 32.0 Å². The van der Waals surface area contributed by atoms with E-state index in [1.165, 1.54) is 35.8 Å². The van der Waals surface area contributed by atoms with Gasteiger partial charge >= 0.3 is 0 Å². The zero-order valence-corrected chi connectivity index (χ0v) is 19.6. The lowest BCUT2D eigenvalue weighted by molar-refractivity contribution is -0.384. The number of nitrogens with zero attached hydrogens (tertiary/aromatic N) is 2. The highest BCUT2D eigenvalue weighted by Crippen LogP contribution is 2.36. The quantitative estimate of drug-likeness (QED) is 0.380. The Morgan fingerprint density at radius 2 is 1.74 bits per heavy atom. The molecule has 1 saturated heterocycles. The number of hydrogen-bond acceptors (Lipinski definition) is 6. The van der Waals surface area contributed by atoms with E-state index in [9.17, 15) is 19.7 Å². The van der Waals surface area contributed by atoms with Gasteiger partial charge in [-0.1, -0.05) is 6.07 Å². The van der Waals surface area contributed by atoms with Gasteiger partial charge in [0.05, 0.1) is 29.7 Å². The third-order valence-electron chi connectivity index (χ3n) is 6.00. The number of nitro groups is 1. The van der Waals surface area contributed by atoms with Crippen molar-refractivity contribution < 1.29 is 24.0 Å². The predicted molar refractivity (Wildman–Crippen MR) is 131 cm³/mol. The van der Waals surface area contributed by atoms with Gasteiger partial charge in [-0.05, 0) is 67.4 Å². The topological polar surface area (TPSA) is 111 Å². The van der Waals surface area contributed by atoms with E-state index in [2.05, 4.69) is 5.32 Å². The summed E-state index contributed by atoms with van der Waals surface area (Å²) in [7, 11) is 1.38. The molecule has 1 aliphatic heterocycles. The van der Waals surface area contributed by atoms with Crippen molar-refractivity contribution in [2.75, 3.05) is 23.9 Å². The monoisotopic (exact) mass is 475 g/mol. The third kappa shape index (κ3) is 5.24. The fourth-order valence-corrected chi connectivity index (χ4v) is 3.88. The first-order valence-electron chi connectivity index (χ1n) is 11.0. The van der Waals surface area contributed by atoms with Crippen LogP contribution < -0.4 is 19.7 Å². The molecule has 0 spiro atoms. The fourth-order valence-electron chi connectivity index (χ4n) is 3.88. The molecule has 9 nitrogen and oxygen atoms in total. The molecule has 0 bridgehead atoms. The van der Waals surface area contributed by atoms with E-state index < -0.39 is 10.8 Å². The van der Waals surface area contributed by atoms with E-state index in [4.69, 9.17) is 9.47 Å². The van der Waals surface area contributed by atoms with Gasteiger partial charge in [-0.2, -0.15) is 0 Å². The lowest BCUT2D eigenvalue weighted by Gasteiger charge is -2.19. The molecular weight excluding hydrogens is 450 g/mol. The first-order chi connectivity index (χ1) is 16.7. The van der Waals surface area contributed by atoms with Crippen molar-refractivity contribution in [1.29, 1.82) is 0 Å². The van der Waals surface area contributed by atoms with Crippen LogP contribution in [0, 0.1) is 29.9 Å². The second-order valence-electron chi connectivity index (χ2n) is 8.38. The van der Waals surface area contributed by atoms with Crippen molar-refractivity contribution in [3.8, 4) is 17.2 Å². The highest BCUT2D eigenvalue weighted by atomic mass is 16.6. The number of benzene rings is 3. The van der Waals surface area contributed by atoms with E-state index in [1.54, 1.807) is 24.3 Å². The molecule has 0 radical (unpaired) electrons. The average Bonchev–Trinajstić information content (AvgIpc) is 3.23. The number of rotatable bonds is 7. The van der Waals surface area contributed by atoms with Gasteiger partial charge in [-0.25, -0.2) is 0 Å². The molecule has 3 aromatic carbocycles. The SMILES string of the molecule is COc1cc([N+](=O)[O-])ccc1N1C[C@H](C(=O)Nc2ccc(Oc3ccc(C)c(C)c3)cc2)CC1=O. The average molecular weight is 476 g/mol. The van der Waals surface area contributed by atoms with Gasteiger partial charge in [0.15, 0.2) is 0 Å². The van der Waals surface area contributed by atoms with Crippen LogP contribution in [0.1, 0.15) is 17.5 Å². The first kappa shape index (κ1) is 23.7. The standard InChI is InChI=1S/C26H25N3O6/c1-16-4-8-22(12-17(16)2)35-21-9-5-19(6-10-21)27-26(31)18-13-25(30)28(15-18)23-11-7-20(29(32)33)14-24(23)34-3/h4-12,14,18H,13,15H2,1-3H3,(H,27,31)/t18-/m1/s1. The minimum absolute atomic E-state index is 0.0277. The van der Waals surface area contributed by atoms with Crippen LogP contribution in [0.15, 0.2) is 60.7 Å². The van der Waals surface area contributed by atoms with Crippen LogP contribution in [0.3, 0.4) is 0 Å². The maximum atomic E-state index is 12.8. The van der Waals surface area contributed by atoms with Crippen molar-refractivity contribution in [1.82, 2.24) is 0 Å². The summed E-state index contributed by atoms with van der Waals surface area (Å²) in [6.45, 7) is 4.20. The van der Waals surface area contributed by atoms with Gasteiger partial charge in [0.1, 0.15) is 17.2 Å². The summed E-state index contributed by atoms with van der Waals surface area (Å²) in [6, 6.07) is 16.9. The Morgan fingerprint density at radius 3 is 2.40 bits per heavy atom. The fraction of sp³-hybridized carbons (Fsp3) is 0.231. The first-order valence-corrected chi connectivity index (χ1v) is 11.0. The van der Waals surface area contributed by atoms with Gasteiger partial charge < -0.3 is 19.7 Å². The second kappa shape index (κ2) is 9.84. The van der Waals surface area contributed by atoms with Gasteiger partial charge in [-0.3, -0.25) is 19.7 Å². The molecule has 0 aromatic heterocycles. The number of nitrogens with one attached hydrogen (secondary N) is 1. The molecule has 180 valence electrons. The minimum atomic E-state index is -0.575. The summed E-state index contributed by atoms with van der Waals surface area (Å²) >= 11 is 0. The van der Waals surface area contributed by atoms with Crippen molar-refractivity contribution in [3.63, 3.8) is 0 Å². The van der Waals surface area contributed by atoms with Gasteiger partial charge in [0, 0.05) is 24.7 Å². The second-order valence-corrected chi connectivity index (χ2v) is 8.38. The zero-order chi connectivity index (χ0) is 25.1. The molecule has 1 heterocycles. The van der Waals surface area contributed by atoms with Crippen molar-refractivity contribution >= 4 is 28.9 Å². The van der Waals surface area contributed by atoms with E-state index in [-0.39, 0.29) is 36.2 Å². The van der Waals surface area contributed by atoms with Crippen LogP contribution in [-0.4, -0.2) is 30.4 Å². The predicted octanol–water partition coefficient (Wildman–Crippen LogP) is 5.00. The Kier molecular flexibility index (Phi) is 6.68. The third-order valence-corrected chi connectivity index (χ3v) is 6.00. The summed E-state index contributed by atoms with van der Waals surface area (Å²) in [5.41, 5.74) is 3.16. The zero-order valence-electron chi connectivity index (χ0n) is 19.6. The number of non-ortho nitro benzene ring substituents is 1. The van der Waals surface area contributed by atoms with Crippen LogP contribution in [-0.2, 0) is 9.59 Å². The number of carbonyl (C=O) groups excluding carboxylic acids is 2. The van der Waals surface area contributed by atoms with E-state index >= 15 is 0 Å². The number of methoxy groups -OCH3 is 1. The Morgan fingerprint density at radius 1 is 1.03 bits per heavy atom. The smallest absolute Gasteiger partial charge is 0.273 e. The Labute approximate surface area is 202 Å². The summed E-state index contributed by atoms with van der Waals surface area (Å²) in [5, 5.41) is 13.9. The molecule has 35 heavy (non-hydrogen) atoms. The van der Waals surface area contributed by atoms with Gasteiger partial charge in [0.25, 0.3) is 5.69 Å². The number of aryl methyl sites for hydroxylation is 2. The molecular formula is C26H25N3O6. The number of ether oxygens (including phenoxy) is 2. The highest BCUT2D eigenvalue weighted by Gasteiger charge is 2.36. The molecule has 1 fully saturated rings. The number of nitro benzene ring substituents is 1. The molecule has 0 saturated carbocycles. The highest BCUT2D eigenvalue weighted by molar-refractivity contribution is 6.04. The largest absolute Gasteiger partial charge is 0.494 e. The molecule has 1 N–H and O–H groups in total. The normalized spacial score (nSPS) is 15.1. The van der Waals surface area contributed by atoms with Crippen molar-refractivity contribution in [2.45, 2.75) is 20.3 Å². The van der Waals surface area contributed by atoms with E-state index in [0.29, 0.717) is 17.1 Å². The van der Waals surface area contributed by atoms with Crippen molar-refractivity contribution in [3.05, 3.63) is 81.9 Å². The Bertz CT molecular complexity index is 1290. The van der Waals surface area contributed by atoms with Crippen LogP contribution in [0.5, 0.6) is 17.2 Å². The van der Waals surface area contributed by atoms with Crippen LogP contribution in [0.4, 0.5) is 17.1 Å². The molecule has 2 amide bonds.